The summed E-state index contributed by atoms with van der Waals surface area (Å²) in [4.78, 5) is 0. The lowest BCUT2D eigenvalue weighted by Crippen LogP contribution is -1.94. The highest BCUT2D eigenvalue weighted by atomic mass is 31.1. The molecule has 0 saturated carbocycles. The molecule has 2 rings (SSSR count). The molecule has 0 saturated heterocycles. The number of hydrogen-bond donors (Lipinski definition) is 0. The van der Waals surface area contributed by atoms with E-state index in [-0.39, 0.29) is 0 Å². The van der Waals surface area contributed by atoms with Crippen LogP contribution in [0, 0.1) is 0 Å². The molecular weight excluding hydrogens is 439 g/mol. The maximum atomic E-state index is 12.5. The van der Waals surface area contributed by atoms with Crippen molar-refractivity contribution >= 4 is 8.25 Å². The van der Waals surface area contributed by atoms with Gasteiger partial charge in [0, 0.05) is 10.1 Å². The molecule has 188 valence electrons. The van der Waals surface area contributed by atoms with Crippen LogP contribution in [0.5, 0.6) is 11.5 Å². The van der Waals surface area contributed by atoms with Gasteiger partial charge in [0.05, 0.1) is 0 Å². The Bertz CT molecular complexity index is 788. The van der Waals surface area contributed by atoms with Gasteiger partial charge in [0.2, 0.25) is 0 Å². The van der Waals surface area contributed by atoms with Crippen LogP contribution < -0.4 is 9.05 Å². The molecule has 4 heteroatoms. The standard InChI is InChI=1S/C30H46O3P/c1-3-5-7-9-11-13-15-19-27-23-25-29(26-24-27)32-34(31)33-30-22-18-17-21-28(30)20-16-14-12-10-8-6-4-2/h17-18,21-26H,3-16,19-20H2,1-2H3/q+1. The average molecular weight is 486 g/mol. The Hall–Kier alpha value is -1.86. The van der Waals surface area contributed by atoms with Crippen molar-refractivity contribution in [3.8, 4) is 11.5 Å². The maximum Gasteiger partial charge on any atom is 0.805 e. The lowest BCUT2D eigenvalue weighted by Gasteiger charge is -2.05. The van der Waals surface area contributed by atoms with Crippen LogP contribution in [-0.2, 0) is 17.4 Å². The van der Waals surface area contributed by atoms with E-state index in [1.165, 1.54) is 89.0 Å². The van der Waals surface area contributed by atoms with E-state index in [1.807, 2.05) is 30.3 Å². The Balaban J connectivity index is 1.70. The second-order valence-electron chi connectivity index (χ2n) is 9.40. The monoisotopic (exact) mass is 485 g/mol. The summed E-state index contributed by atoms with van der Waals surface area (Å²) < 4.78 is 23.8. The SMILES string of the molecule is CCCCCCCCCc1ccc(O[P+](=O)Oc2ccccc2CCCCCCCCC)cc1. The predicted octanol–water partition coefficient (Wildman–Crippen LogP) is 10.4. The molecule has 0 aliphatic carbocycles. The summed E-state index contributed by atoms with van der Waals surface area (Å²) in [5.41, 5.74) is 2.41. The third kappa shape index (κ3) is 12.6. The van der Waals surface area contributed by atoms with Crippen LogP contribution in [0.3, 0.4) is 0 Å². The molecule has 0 radical (unpaired) electrons. The van der Waals surface area contributed by atoms with Crippen molar-refractivity contribution < 1.29 is 13.6 Å². The van der Waals surface area contributed by atoms with Crippen molar-refractivity contribution in [1.29, 1.82) is 0 Å². The van der Waals surface area contributed by atoms with Gasteiger partial charge < -0.3 is 0 Å². The summed E-state index contributed by atoms with van der Waals surface area (Å²) in [6.07, 6.45) is 20.2. The second kappa shape index (κ2) is 18.5. The van der Waals surface area contributed by atoms with Crippen molar-refractivity contribution in [2.24, 2.45) is 0 Å². The first-order valence-corrected chi connectivity index (χ1v) is 14.8. The van der Waals surface area contributed by atoms with Gasteiger partial charge in [-0.2, -0.15) is 0 Å². The van der Waals surface area contributed by atoms with Gasteiger partial charge in [-0.1, -0.05) is 121 Å². The van der Waals surface area contributed by atoms with E-state index in [1.54, 1.807) is 0 Å². The van der Waals surface area contributed by atoms with E-state index >= 15 is 0 Å². The number of para-hydroxylation sites is 1. The molecule has 0 N–H and O–H groups in total. The highest BCUT2D eigenvalue weighted by molar-refractivity contribution is 7.34. The predicted molar refractivity (Wildman–Crippen MR) is 145 cm³/mol. The van der Waals surface area contributed by atoms with Crippen LogP contribution in [0.1, 0.15) is 115 Å². The molecule has 0 aromatic heterocycles. The molecule has 1 atom stereocenters. The fraction of sp³-hybridized carbons (Fsp3) is 0.600. The molecule has 0 bridgehead atoms. The van der Waals surface area contributed by atoms with Crippen molar-refractivity contribution in [3.05, 3.63) is 59.7 Å². The molecule has 0 aliphatic rings. The smallest absolute Gasteiger partial charge is 0.222 e. The molecule has 1 unspecified atom stereocenters. The Kier molecular flexibility index (Phi) is 15.4. The van der Waals surface area contributed by atoms with E-state index in [4.69, 9.17) is 9.05 Å². The van der Waals surface area contributed by atoms with Gasteiger partial charge in [0.15, 0.2) is 11.5 Å². The quantitative estimate of drug-likeness (QED) is 0.138. The number of unbranched alkanes of at least 4 members (excludes halogenated alkanes) is 12. The zero-order valence-corrected chi connectivity index (χ0v) is 22.5. The van der Waals surface area contributed by atoms with E-state index in [0.717, 1.165) is 24.8 Å². The summed E-state index contributed by atoms with van der Waals surface area (Å²) in [5.74, 6) is 1.26. The summed E-state index contributed by atoms with van der Waals surface area (Å²) in [5, 5.41) is 0. The molecule has 34 heavy (non-hydrogen) atoms. The topological polar surface area (TPSA) is 35.5 Å². The normalized spacial score (nSPS) is 11.4. The minimum Gasteiger partial charge on any atom is -0.222 e. The first-order valence-electron chi connectivity index (χ1n) is 13.7. The Morgan fingerprint density at radius 3 is 1.74 bits per heavy atom. The van der Waals surface area contributed by atoms with E-state index < -0.39 is 8.25 Å². The second-order valence-corrected chi connectivity index (χ2v) is 10.2. The average Bonchev–Trinajstić information content (AvgIpc) is 2.85. The highest BCUT2D eigenvalue weighted by Crippen LogP contribution is 2.33. The lowest BCUT2D eigenvalue weighted by atomic mass is 10.0. The molecule has 0 aliphatic heterocycles. The van der Waals surface area contributed by atoms with Gasteiger partial charge in [-0.05, 0) is 49.4 Å². The van der Waals surface area contributed by atoms with Crippen molar-refractivity contribution in [1.82, 2.24) is 0 Å². The van der Waals surface area contributed by atoms with Crippen LogP contribution >= 0.6 is 8.25 Å². The molecule has 0 spiro atoms. The largest absolute Gasteiger partial charge is 0.805 e. The van der Waals surface area contributed by atoms with Crippen LogP contribution in [0.4, 0.5) is 0 Å². The van der Waals surface area contributed by atoms with Gasteiger partial charge in [-0.25, -0.2) is 9.05 Å². The van der Waals surface area contributed by atoms with Crippen LogP contribution in [0.15, 0.2) is 48.5 Å². The minimum atomic E-state index is -2.26. The van der Waals surface area contributed by atoms with Gasteiger partial charge in [0.1, 0.15) is 0 Å². The number of rotatable bonds is 20. The third-order valence-electron chi connectivity index (χ3n) is 6.37. The van der Waals surface area contributed by atoms with Crippen molar-refractivity contribution in [3.63, 3.8) is 0 Å². The Labute approximate surface area is 209 Å². The lowest BCUT2D eigenvalue weighted by molar-refractivity contribution is 0.413. The summed E-state index contributed by atoms with van der Waals surface area (Å²) in [6, 6.07) is 15.8. The van der Waals surface area contributed by atoms with Gasteiger partial charge in [-0.3, -0.25) is 0 Å². The molecule has 0 heterocycles. The minimum absolute atomic E-state index is 0.592. The first kappa shape index (κ1) is 28.4. The molecule has 2 aromatic rings. The zero-order chi connectivity index (χ0) is 24.3. The van der Waals surface area contributed by atoms with Crippen LogP contribution in [0.25, 0.3) is 0 Å². The Morgan fingerprint density at radius 1 is 0.588 bits per heavy atom. The molecule has 3 nitrogen and oxygen atoms in total. The first-order chi connectivity index (χ1) is 16.7. The van der Waals surface area contributed by atoms with Gasteiger partial charge in [-0.15, -0.1) is 0 Å². The summed E-state index contributed by atoms with van der Waals surface area (Å²) in [6.45, 7) is 4.51. The maximum absolute atomic E-state index is 12.5. The van der Waals surface area contributed by atoms with Crippen molar-refractivity contribution in [2.75, 3.05) is 0 Å². The van der Waals surface area contributed by atoms with Gasteiger partial charge in [0.25, 0.3) is 0 Å². The fourth-order valence-corrected chi connectivity index (χ4v) is 4.93. The molecular formula is C30H46O3P+. The van der Waals surface area contributed by atoms with Gasteiger partial charge >= 0.3 is 8.25 Å². The highest BCUT2D eigenvalue weighted by Gasteiger charge is 2.25. The molecule has 0 fully saturated rings. The summed E-state index contributed by atoms with van der Waals surface area (Å²) >= 11 is 0. The van der Waals surface area contributed by atoms with E-state index in [9.17, 15) is 4.57 Å². The Morgan fingerprint density at radius 2 is 1.12 bits per heavy atom. The number of hydrogen-bond acceptors (Lipinski definition) is 3. The van der Waals surface area contributed by atoms with E-state index in [0.29, 0.717) is 11.5 Å². The number of aryl methyl sites for hydroxylation is 2. The fourth-order valence-electron chi connectivity index (χ4n) is 4.26. The van der Waals surface area contributed by atoms with E-state index in [2.05, 4.69) is 32.0 Å². The van der Waals surface area contributed by atoms with Crippen molar-refractivity contribution in [2.45, 2.75) is 117 Å². The summed E-state index contributed by atoms with van der Waals surface area (Å²) in [7, 11) is -2.26. The number of benzene rings is 2. The third-order valence-corrected chi connectivity index (χ3v) is 7.07. The zero-order valence-electron chi connectivity index (χ0n) is 21.6. The molecule has 2 aromatic carbocycles. The van der Waals surface area contributed by atoms with Crippen LogP contribution in [-0.4, -0.2) is 0 Å². The van der Waals surface area contributed by atoms with Crippen LogP contribution in [0.2, 0.25) is 0 Å². The molecule has 0 amide bonds.